The second-order valence-corrected chi connectivity index (χ2v) is 5.15. The molecule has 2 rings (SSSR count). The quantitative estimate of drug-likeness (QED) is 0.584. The van der Waals surface area contributed by atoms with Crippen molar-refractivity contribution in [3.63, 3.8) is 0 Å². The molecule has 0 unspecified atom stereocenters. The number of nitrogens with zero attached hydrogens (tertiary/aromatic N) is 2. The number of hydrogen-bond donors (Lipinski definition) is 0. The Hall–Kier alpha value is -1.22. The van der Waals surface area contributed by atoms with Crippen LogP contribution in [0.3, 0.4) is 0 Å². The highest BCUT2D eigenvalue weighted by atomic mass is 32.2. The van der Waals surface area contributed by atoms with Gasteiger partial charge in [-0.25, -0.2) is 4.98 Å². The minimum Gasteiger partial charge on any atom is -0.293 e. The van der Waals surface area contributed by atoms with Crippen LogP contribution in [0.1, 0.15) is 25.5 Å². The van der Waals surface area contributed by atoms with Crippen LogP contribution in [0.15, 0.2) is 41.6 Å². The smallest absolute Gasteiger partial charge is 0.137 e. The zero-order chi connectivity index (χ0) is 12.1. The molecule has 0 amide bonds. The van der Waals surface area contributed by atoms with Crippen LogP contribution < -0.4 is 0 Å². The molecule has 2 heterocycles. The molecule has 0 saturated heterocycles. The van der Waals surface area contributed by atoms with E-state index >= 15 is 0 Å². The van der Waals surface area contributed by atoms with E-state index in [9.17, 15) is 0 Å². The predicted octanol–water partition coefficient (Wildman–Crippen LogP) is 4.07. The highest BCUT2D eigenvalue weighted by Crippen LogP contribution is 2.25. The van der Waals surface area contributed by atoms with Crippen molar-refractivity contribution in [2.24, 2.45) is 0 Å². The van der Waals surface area contributed by atoms with Crippen LogP contribution in [0.5, 0.6) is 0 Å². The van der Waals surface area contributed by atoms with Gasteiger partial charge in [0.15, 0.2) is 0 Å². The third-order valence-corrected chi connectivity index (χ3v) is 3.77. The SMILES string of the molecule is CCCCSc1ccc(C)n1-c1ccccn1. The van der Waals surface area contributed by atoms with Gasteiger partial charge in [0.25, 0.3) is 0 Å². The molecule has 0 fully saturated rings. The molecular formula is C14H18N2S. The molecule has 0 N–H and O–H groups in total. The van der Waals surface area contributed by atoms with E-state index < -0.39 is 0 Å². The number of aryl methyl sites for hydroxylation is 1. The molecule has 0 radical (unpaired) electrons. The fraction of sp³-hybridized carbons (Fsp3) is 0.357. The molecule has 0 saturated carbocycles. The van der Waals surface area contributed by atoms with E-state index in [1.807, 2.05) is 30.1 Å². The lowest BCUT2D eigenvalue weighted by atomic mass is 10.4. The van der Waals surface area contributed by atoms with Crippen LogP contribution in [0.25, 0.3) is 5.82 Å². The number of rotatable bonds is 5. The van der Waals surface area contributed by atoms with Gasteiger partial charge in [0.05, 0.1) is 5.03 Å². The molecule has 3 heteroatoms. The molecule has 0 aromatic carbocycles. The first-order valence-corrected chi connectivity index (χ1v) is 7.04. The maximum atomic E-state index is 4.42. The fourth-order valence-corrected chi connectivity index (χ4v) is 2.90. The Morgan fingerprint density at radius 1 is 1.24 bits per heavy atom. The van der Waals surface area contributed by atoms with E-state index in [1.165, 1.54) is 29.3 Å². The Labute approximate surface area is 107 Å². The van der Waals surface area contributed by atoms with Crippen LogP contribution in [0.2, 0.25) is 0 Å². The molecule has 17 heavy (non-hydrogen) atoms. The minimum absolute atomic E-state index is 1.01. The van der Waals surface area contributed by atoms with Crippen molar-refractivity contribution >= 4 is 11.8 Å². The second kappa shape index (κ2) is 5.92. The molecule has 2 aromatic rings. The summed E-state index contributed by atoms with van der Waals surface area (Å²) in [6, 6.07) is 10.4. The van der Waals surface area contributed by atoms with Crippen LogP contribution in [-0.4, -0.2) is 15.3 Å². The Kier molecular flexibility index (Phi) is 4.26. The van der Waals surface area contributed by atoms with E-state index in [0.29, 0.717) is 0 Å². The normalized spacial score (nSPS) is 10.7. The van der Waals surface area contributed by atoms with Crippen molar-refractivity contribution < 1.29 is 0 Å². The van der Waals surface area contributed by atoms with Crippen molar-refractivity contribution in [2.45, 2.75) is 31.7 Å². The largest absolute Gasteiger partial charge is 0.293 e. The number of unbranched alkanes of at least 4 members (excludes halogenated alkanes) is 1. The molecule has 2 nitrogen and oxygen atoms in total. The van der Waals surface area contributed by atoms with Gasteiger partial charge in [-0.2, -0.15) is 0 Å². The van der Waals surface area contributed by atoms with Crippen molar-refractivity contribution in [3.8, 4) is 5.82 Å². The van der Waals surface area contributed by atoms with Crippen molar-refractivity contribution in [1.82, 2.24) is 9.55 Å². The number of pyridine rings is 1. The van der Waals surface area contributed by atoms with Gasteiger partial charge in [-0.1, -0.05) is 19.4 Å². The first-order chi connectivity index (χ1) is 8.33. The molecule has 0 aliphatic carbocycles. The van der Waals surface area contributed by atoms with Gasteiger partial charge < -0.3 is 0 Å². The van der Waals surface area contributed by atoms with E-state index in [0.717, 1.165) is 5.82 Å². The molecule has 0 bridgehead atoms. The molecule has 0 spiro atoms. The summed E-state index contributed by atoms with van der Waals surface area (Å²) in [5.74, 6) is 2.18. The van der Waals surface area contributed by atoms with Gasteiger partial charge in [0, 0.05) is 11.9 Å². The lowest BCUT2D eigenvalue weighted by Crippen LogP contribution is -2.00. The lowest BCUT2D eigenvalue weighted by molar-refractivity contribution is 0.864. The van der Waals surface area contributed by atoms with Crippen LogP contribution >= 0.6 is 11.8 Å². The first kappa shape index (κ1) is 12.2. The van der Waals surface area contributed by atoms with Gasteiger partial charge in [-0.05, 0) is 43.4 Å². The van der Waals surface area contributed by atoms with Crippen LogP contribution in [0.4, 0.5) is 0 Å². The number of hydrogen-bond acceptors (Lipinski definition) is 2. The van der Waals surface area contributed by atoms with Gasteiger partial charge in [-0.3, -0.25) is 4.57 Å². The molecule has 90 valence electrons. The topological polar surface area (TPSA) is 17.8 Å². The maximum Gasteiger partial charge on any atom is 0.137 e. The third kappa shape index (κ3) is 2.91. The Bertz CT molecular complexity index is 462. The summed E-state index contributed by atoms with van der Waals surface area (Å²) < 4.78 is 2.22. The Morgan fingerprint density at radius 2 is 2.12 bits per heavy atom. The molecule has 0 aliphatic rings. The first-order valence-electron chi connectivity index (χ1n) is 6.05. The average molecular weight is 246 g/mol. The molecule has 0 aliphatic heterocycles. The summed E-state index contributed by atoms with van der Waals surface area (Å²) in [6.45, 7) is 4.35. The summed E-state index contributed by atoms with van der Waals surface area (Å²) in [7, 11) is 0. The summed E-state index contributed by atoms with van der Waals surface area (Å²) in [6.07, 6.45) is 4.35. The highest BCUT2D eigenvalue weighted by Gasteiger charge is 2.07. The van der Waals surface area contributed by atoms with Gasteiger partial charge in [0.2, 0.25) is 0 Å². The zero-order valence-corrected chi connectivity index (χ0v) is 11.2. The standard InChI is InChI=1S/C14H18N2S/c1-3-4-11-17-14-9-8-12(2)16(14)13-7-5-6-10-15-13/h5-10H,3-4,11H2,1-2H3. The average Bonchev–Trinajstić information content (AvgIpc) is 2.72. The molecule has 0 atom stereocenters. The predicted molar refractivity (Wildman–Crippen MR) is 73.9 cm³/mol. The van der Waals surface area contributed by atoms with Crippen molar-refractivity contribution in [3.05, 3.63) is 42.2 Å². The van der Waals surface area contributed by atoms with E-state index in [2.05, 4.69) is 41.6 Å². The monoisotopic (exact) mass is 246 g/mol. The summed E-state index contributed by atoms with van der Waals surface area (Å²) in [4.78, 5) is 4.42. The third-order valence-electron chi connectivity index (χ3n) is 2.67. The van der Waals surface area contributed by atoms with E-state index in [1.54, 1.807) is 0 Å². The Balaban J connectivity index is 2.24. The highest BCUT2D eigenvalue weighted by molar-refractivity contribution is 7.99. The summed E-state index contributed by atoms with van der Waals surface area (Å²) in [5.41, 5.74) is 1.24. The molecular weight excluding hydrogens is 228 g/mol. The molecule has 2 aromatic heterocycles. The maximum absolute atomic E-state index is 4.42. The zero-order valence-electron chi connectivity index (χ0n) is 10.4. The van der Waals surface area contributed by atoms with E-state index in [4.69, 9.17) is 0 Å². The second-order valence-electron chi connectivity index (χ2n) is 4.04. The minimum atomic E-state index is 1.01. The van der Waals surface area contributed by atoms with Gasteiger partial charge in [-0.15, -0.1) is 11.8 Å². The van der Waals surface area contributed by atoms with Crippen molar-refractivity contribution in [2.75, 3.05) is 5.75 Å². The van der Waals surface area contributed by atoms with Crippen molar-refractivity contribution in [1.29, 1.82) is 0 Å². The fourth-order valence-electron chi connectivity index (χ4n) is 1.73. The number of thioether (sulfide) groups is 1. The van der Waals surface area contributed by atoms with E-state index in [-0.39, 0.29) is 0 Å². The Morgan fingerprint density at radius 3 is 2.82 bits per heavy atom. The summed E-state index contributed by atoms with van der Waals surface area (Å²) in [5, 5.41) is 1.29. The summed E-state index contributed by atoms with van der Waals surface area (Å²) >= 11 is 1.91. The lowest BCUT2D eigenvalue weighted by Gasteiger charge is -2.09. The van der Waals surface area contributed by atoms with Gasteiger partial charge in [0.1, 0.15) is 5.82 Å². The number of aromatic nitrogens is 2. The van der Waals surface area contributed by atoms with Gasteiger partial charge >= 0.3 is 0 Å². The van der Waals surface area contributed by atoms with Crippen LogP contribution in [0, 0.1) is 6.92 Å². The van der Waals surface area contributed by atoms with Crippen LogP contribution in [-0.2, 0) is 0 Å².